The van der Waals surface area contributed by atoms with Crippen LogP contribution in [-0.2, 0) is 11.3 Å². The van der Waals surface area contributed by atoms with Crippen molar-refractivity contribution in [2.45, 2.75) is 25.5 Å². The Hall–Kier alpha value is -1.41. The maximum Gasteiger partial charge on any atom is 0.0991 e. The van der Waals surface area contributed by atoms with Crippen LogP contribution in [0.2, 0.25) is 0 Å². The summed E-state index contributed by atoms with van der Waals surface area (Å²) < 4.78 is 5.93. The zero-order chi connectivity index (χ0) is 15.4. The fourth-order valence-electron chi connectivity index (χ4n) is 3.14. The molecule has 1 aliphatic carbocycles. The van der Waals surface area contributed by atoms with Gasteiger partial charge in [-0.2, -0.15) is 5.26 Å². The van der Waals surface area contributed by atoms with E-state index in [1.54, 1.807) is 0 Å². The minimum atomic E-state index is 0.316. The lowest BCUT2D eigenvalue weighted by molar-refractivity contribution is -0.0434. The van der Waals surface area contributed by atoms with Crippen molar-refractivity contribution in [3.05, 3.63) is 35.4 Å². The molecule has 0 amide bonds. The molecule has 3 rings (SSSR count). The van der Waals surface area contributed by atoms with Gasteiger partial charge in [0, 0.05) is 32.7 Å². The first-order valence-corrected chi connectivity index (χ1v) is 8.24. The highest BCUT2D eigenvalue weighted by Gasteiger charge is 2.26. The lowest BCUT2D eigenvalue weighted by Crippen LogP contribution is -2.46. The van der Waals surface area contributed by atoms with Crippen LogP contribution >= 0.6 is 0 Å². The van der Waals surface area contributed by atoms with Crippen LogP contribution in [0.4, 0.5) is 0 Å². The van der Waals surface area contributed by atoms with Crippen molar-refractivity contribution in [2.24, 2.45) is 5.92 Å². The standard InChI is InChI=1S/C18H25N3O/c1-20(11-16-6-7-16)13-18-14-21(8-9-22-18)12-17-4-2-15(10-19)3-5-17/h2-5,16,18H,6-9,11-14H2,1H3/t18-/m1/s1. The number of hydrogen-bond donors (Lipinski definition) is 0. The topological polar surface area (TPSA) is 39.5 Å². The molecule has 1 aliphatic heterocycles. The lowest BCUT2D eigenvalue weighted by Gasteiger charge is -2.35. The summed E-state index contributed by atoms with van der Waals surface area (Å²) in [7, 11) is 2.21. The average Bonchev–Trinajstić information content (AvgIpc) is 3.32. The average molecular weight is 299 g/mol. The number of ether oxygens (including phenoxy) is 1. The largest absolute Gasteiger partial charge is 0.374 e. The van der Waals surface area contributed by atoms with Crippen LogP contribution in [-0.4, -0.2) is 55.7 Å². The Kier molecular flexibility index (Phi) is 5.09. The molecule has 1 aromatic rings. The molecule has 0 unspecified atom stereocenters. The van der Waals surface area contributed by atoms with Crippen molar-refractivity contribution >= 4 is 0 Å². The number of hydrogen-bond acceptors (Lipinski definition) is 4. The molecule has 2 fully saturated rings. The van der Waals surface area contributed by atoms with E-state index in [0.717, 1.165) is 44.3 Å². The minimum Gasteiger partial charge on any atom is -0.374 e. The van der Waals surface area contributed by atoms with Crippen LogP contribution < -0.4 is 0 Å². The van der Waals surface area contributed by atoms with E-state index in [1.807, 2.05) is 12.1 Å². The van der Waals surface area contributed by atoms with Crippen molar-refractivity contribution in [1.82, 2.24) is 9.80 Å². The molecule has 2 aliphatic rings. The highest BCUT2D eigenvalue weighted by Crippen LogP contribution is 2.29. The Morgan fingerprint density at radius 2 is 2.05 bits per heavy atom. The van der Waals surface area contributed by atoms with E-state index >= 15 is 0 Å². The summed E-state index contributed by atoms with van der Waals surface area (Å²) in [6, 6.07) is 10.1. The first-order valence-electron chi connectivity index (χ1n) is 8.24. The fraction of sp³-hybridized carbons (Fsp3) is 0.611. The molecule has 1 saturated carbocycles. The second-order valence-corrected chi connectivity index (χ2v) is 6.70. The van der Waals surface area contributed by atoms with Crippen molar-refractivity contribution in [1.29, 1.82) is 5.26 Å². The predicted molar refractivity (Wildman–Crippen MR) is 86.4 cm³/mol. The van der Waals surface area contributed by atoms with E-state index in [9.17, 15) is 0 Å². The smallest absolute Gasteiger partial charge is 0.0991 e. The molecular formula is C18H25N3O. The van der Waals surface area contributed by atoms with Gasteiger partial charge < -0.3 is 9.64 Å². The van der Waals surface area contributed by atoms with E-state index in [2.05, 4.69) is 35.0 Å². The molecule has 0 bridgehead atoms. The van der Waals surface area contributed by atoms with Gasteiger partial charge in [-0.1, -0.05) is 12.1 Å². The van der Waals surface area contributed by atoms with Gasteiger partial charge in [0.25, 0.3) is 0 Å². The monoisotopic (exact) mass is 299 g/mol. The second-order valence-electron chi connectivity index (χ2n) is 6.70. The van der Waals surface area contributed by atoms with Gasteiger partial charge in [0.05, 0.1) is 24.3 Å². The van der Waals surface area contributed by atoms with E-state index in [4.69, 9.17) is 10.00 Å². The second kappa shape index (κ2) is 7.23. The molecule has 1 atom stereocenters. The van der Waals surface area contributed by atoms with Crippen LogP contribution in [0.5, 0.6) is 0 Å². The van der Waals surface area contributed by atoms with Gasteiger partial charge in [0.15, 0.2) is 0 Å². The number of nitriles is 1. The van der Waals surface area contributed by atoms with E-state index in [0.29, 0.717) is 6.10 Å². The molecule has 0 aromatic heterocycles. The van der Waals surface area contributed by atoms with Gasteiger partial charge in [-0.3, -0.25) is 4.90 Å². The van der Waals surface area contributed by atoms with Crippen molar-refractivity contribution in [3.8, 4) is 6.07 Å². The summed E-state index contributed by atoms with van der Waals surface area (Å²) in [5.74, 6) is 0.934. The quantitative estimate of drug-likeness (QED) is 0.806. The van der Waals surface area contributed by atoms with Crippen LogP contribution in [0.15, 0.2) is 24.3 Å². The highest BCUT2D eigenvalue weighted by molar-refractivity contribution is 5.31. The summed E-state index contributed by atoms with van der Waals surface area (Å²) in [5.41, 5.74) is 2.00. The van der Waals surface area contributed by atoms with Gasteiger partial charge in [0.1, 0.15) is 0 Å². The van der Waals surface area contributed by atoms with Crippen molar-refractivity contribution < 1.29 is 4.74 Å². The van der Waals surface area contributed by atoms with Crippen LogP contribution in [0.25, 0.3) is 0 Å². The Balaban J connectivity index is 1.47. The number of morpholine rings is 1. The minimum absolute atomic E-state index is 0.316. The molecule has 1 aromatic carbocycles. The van der Waals surface area contributed by atoms with Gasteiger partial charge >= 0.3 is 0 Å². The van der Waals surface area contributed by atoms with Crippen LogP contribution in [0.1, 0.15) is 24.0 Å². The lowest BCUT2D eigenvalue weighted by atomic mass is 10.1. The van der Waals surface area contributed by atoms with Gasteiger partial charge in [-0.05, 0) is 43.5 Å². The molecule has 1 saturated heterocycles. The van der Waals surface area contributed by atoms with Crippen molar-refractivity contribution in [2.75, 3.05) is 39.8 Å². The molecule has 0 N–H and O–H groups in total. The summed E-state index contributed by atoms with van der Waals surface area (Å²) in [6.45, 7) is 5.99. The number of rotatable bonds is 6. The number of benzene rings is 1. The molecule has 0 radical (unpaired) electrons. The molecule has 1 heterocycles. The molecule has 4 nitrogen and oxygen atoms in total. The fourth-order valence-corrected chi connectivity index (χ4v) is 3.14. The SMILES string of the molecule is CN(CC1CC1)C[C@@H]1CN(Cc2ccc(C#N)cc2)CCO1. The zero-order valence-electron chi connectivity index (χ0n) is 13.4. The Morgan fingerprint density at radius 3 is 2.73 bits per heavy atom. The van der Waals surface area contributed by atoms with Crippen LogP contribution in [0.3, 0.4) is 0 Å². The molecule has 0 spiro atoms. The van der Waals surface area contributed by atoms with Gasteiger partial charge in [-0.15, -0.1) is 0 Å². The Labute approximate surface area is 133 Å². The van der Waals surface area contributed by atoms with E-state index < -0.39 is 0 Å². The highest BCUT2D eigenvalue weighted by atomic mass is 16.5. The van der Waals surface area contributed by atoms with Gasteiger partial charge in [0.2, 0.25) is 0 Å². The van der Waals surface area contributed by atoms with Crippen molar-refractivity contribution in [3.63, 3.8) is 0 Å². The number of nitrogens with zero attached hydrogens (tertiary/aromatic N) is 3. The first kappa shape index (κ1) is 15.5. The Bertz CT molecular complexity index is 518. The third kappa shape index (κ3) is 4.54. The van der Waals surface area contributed by atoms with E-state index in [-0.39, 0.29) is 0 Å². The first-order chi connectivity index (χ1) is 10.7. The molecule has 118 valence electrons. The third-order valence-corrected chi connectivity index (χ3v) is 4.49. The predicted octanol–water partition coefficient (Wildman–Crippen LogP) is 2.10. The maximum absolute atomic E-state index is 8.85. The molecule has 22 heavy (non-hydrogen) atoms. The normalized spacial score (nSPS) is 22.7. The summed E-state index contributed by atoms with van der Waals surface area (Å²) in [4.78, 5) is 4.88. The van der Waals surface area contributed by atoms with E-state index in [1.165, 1.54) is 24.9 Å². The summed E-state index contributed by atoms with van der Waals surface area (Å²) in [6.07, 6.45) is 3.12. The summed E-state index contributed by atoms with van der Waals surface area (Å²) in [5, 5.41) is 8.85. The number of likely N-dealkylation sites (N-methyl/N-ethyl adjacent to an activating group) is 1. The molecule has 4 heteroatoms. The zero-order valence-corrected chi connectivity index (χ0v) is 13.4. The third-order valence-electron chi connectivity index (χ3n) is 4.49. The van der Waals surface area contributed by atoms with Crippen LogP contribution in [0, 0.1) is 17.2 Å². The van der Waals surface area contributed by atoms with Gasteiger partial charge in [-0.25, -0.2) is 0 Å². The Morgan fingerprint density at radius 1 is 1.27 bits per heavy atom. The maximum atomic E-state index is 8.85. The summed E-state index contributed by atoms with van der Waals surface area (Å²) >= 11 is 0. The molecular weight excluding hydrogens is 274 g/mol.